The summed E-state index contributed by atoms with van der Waals surface area (Å²) in [5, 5.41) is 0.174. The first kappa shape index (κ1) is 11.3. The Balaban J connectivity index is 3.33. The molecule has 0 aromatic heterocycles. The van der Waals surface area contributed by atoms with Crippen molar-refractivity contribution in [2.75, 3.05) is 5.33 Å². The van der Waals surface area contributed by atoms with Gasteiger partial charge >= 0.3 is 0 Å². The number of carbonyl (C=O) groups is 1. The second-order valence-electron chi connectivity index (χ2n) is 2.27. The molecule has 1 nitrogen and oxygen atoms in total. The molecule has 0 fully saturated rings. The number of alkyl halides is 1. The highest BCUT2D eigenvalue weighted by Gasteiger charge is 2.15. The Hall–Kier alpha value is 0.260. The van der Waals surface area contributed by atoms with Gasteiger partial charge in [0.25, 0.3) is 0 Å². The Morgan fingerprint density at radius 3 is 2.54 bits per heavy atom. The van der Waals surface area contributed by atoms with E-state index in [-0.39, 0.29) is 15.6 Å². The molecule has 0 saturated carbocycles. The molecule has 1 aromatic rings. The minimum atomic E-state index is -0.437. The minimum Gasteiger partial charge on any atom is -0.293 e. The van der Waals surface area contributed by atoms with Gasteiger partial charge in [-0.05, 0) is 28.1 Å². The van der Waals surface area contributed by atoms with E-state index in [0.717, 1.165) is 0 Å². The van der Waals surface area contributed by atoms with E-state index in [1.54, 1.807) is 0 Å². The molecular formula is C8H4Br3FO. The van der Waals surface area contributed by atoms with Crippen LogP contribution in [0.3, 0.4) is 0 Å². The zero-order valence-electron chi connectivity index (χ0n) is 6.28. The Morgan fingerprint density at radius 1 is 1.38 bits per heavy atom. The van der Waals surface area contributed by atoms with Gasteiger partial charge in [-0.2, -0.15) is 0 Å². The Bertz CT molecular complexity index is 351. The molecule has 0 spiro atoms. The fourth-order valence-corrected chi connectivity index (χ4v) is 2.51. The number of halogens is 4. The van der Waals surface area contributed by atoms with Crippen LogP contribution in [0.2, 0.25) is 0 Å². The molecule has 70 valence electrons. The maximum atomic E-state index is 13.0. The topological polar surface area (TPSA) is 17.1 Å². The molecule has 0 radical (unpaired) electrons. The highest BCUT2D eigenvalue weighted by Crippen LogP contribution is 2.28. The SMILES string of the molecule is O=C(CBr)c1c(Br)ccc(F)c1Br. The van der Waals surface area contributed by atoms with Crippen molar-refractivity contribution < 1.29 is 9.18 Å². The summed E-state index contributed by atoms with van der Waals surface area (Å²) in [4.78, 5) is 11.3. The largest absolute Gasteiger partial charge is 0.293 e. The van der Waals surface area contributed by atoms with Crippen molar-refractivity contribution >= 4 is 53.6 Å². The quantitative estimate of drug-likeness (QED) is 0.435. The maximum Gasteiger partial charge on any atom is 0.175 e. The van der Waals surface area contributed by atoms with E-state index >= 15 is 0 Å². The Morgan fingerprint density at radius 2 is 2.00 bits per heavy atom. The van der Waals surface area contributed by atoms with Gasteiger partial charge in [-0.3, -0.25) is 4.79 Å². The standard InChI is InChI=1S/C8H4Br3FO/c9-3-6(13)7-4(10)1-2-5(12)8(7)11/h1-2H,3H2. The molecule has 0 aliphatic carbocycles. The second-order valence-corrected chi connectivity index (χ2v) is 4.48. The summed E-state index contributed by atoms with van der Waals surface area (Å²) >= 11 is 9.24. The summed E-state index contributed by atoms with van der Waals surface area (Å²) in [5.41, 5.74) is 0.330. The van der Waals surface area contributed by atoms with Crippen molar-refractivity contribution in [3.8, 4) is 0 Å². The van der Waals surface area contributed by atoms with E-state index in [4.69, 9.17) is 0 Å². The van der Waals surface area contributed by atoms with Crippen LogP contribution in [0.4, 0.5) is 4.39 Å². The molecule has 0 bridgehead atoms. The third-order valence-corrected chi connectivity index (χ3v) is 3.39. The first-order chi connectivity index (χ1) is 6.07. The third-order valence-electron chi connectivity index (χ3n) is 1.44. The highest BCUT2D eigenvalue weighted by molar-refractivity contribution is 9.11. The molecule has 0 unspecified atom stereocenters. The highest BCUT2D eigenvalue weighted by atomic mass is 79.9. The average molecular weight is 375 g/mol. The normalized spacial score (nSPS) is 10.2. The van der Waals surface area contributed by atoms with Crippen LogP contribution in [0.25, 0.3) is 0 Å². The third kappa shape index (κ3) is 2.39. The molecule has 1 rings (SSSR count). The molecule has 13 heavy (non-hydrogen) atoms. The minimum absolute atomic E-state index is 0.168. The van der Waals surface area contributed by atoms with Crippen LogP contribution < -0.4 is 0 Å². The summed E-state index contributed by atoms with van der Waals surface area (Å²) in [6, 6.07) is 2.80. The number of Topliss-reactive ketones (excluding diaryl/α,β-unsaturated/α-hetero) is 1. The van der Waals surface area contributed by atoms with Crippen molar-refractivity contribution in [2.45, 2.75) is 0 Å². The lowest BCUT2D eigenvalue weighted by Crippen LogP contribution is -2.03. The number of hydrogen-bond acceptors (Lipinski definition) is 1. The van der Waals surface area contributed by atoms with E-state index in [2.05, 4.69) is 47.8 Å². The number of ketones is 1. The van der Waals surface area contributed by atoms with Crippen LogP contribution >= 0.6 is 47.8 Å². The molecule has 0 aliphatic rings. The first-order valence-electron chi connectivity index (χ1n) is 3.30. The molecule has 1 aromatic carbocycles. The maximum absolute atomic E-state index is 13.0. The van der Waals surface area contributed by atoms with Gasteiger partial charge in [-0.1, -0.05) is 31.9 Å². The van der Waals surface area contributed by atoms with Crippen molar-refractivity contribution in [1.82, 2.24) is 0 Å². The predicted octanol–water partition coefficient (Wildman–Crippen LogP) is 3.93. The van der Waals surface area contributed by atoms with Gasteiger partial charge in [-0.25, -0.2) is 4.39 Å². The van der Waals surface area contributed by atoms with Crippen molar-refractivity contribution in [2.24, 2.45) is 0 Å². The summed E-state index contributed by atoms with van der Waals surface area (Å²) < 4.78 is 13.8. The first-order valence-corrected chi connectivity index (χ1v) is 6.01. The number of carbonyl (C=O) groups excluding carboxylic acids is 1. The summed E-state index contributed by atoms with van der Waals surface area (Å²) in [7, 11) is 0. The van der Waals surface area contributed by atoms with E-state index in [9.17, 15) is 9.18 Å². The van der Waals surface area contributed by atoms with E-state index in [0.29, 0.717) is 10.0 Å². The van der Waals surface area contributed by atoms with Gasteiger partial charge in [0.1, 0.15) is 5.82 Å². The van der Waals surface area contributed by atoms with Crippen LogP contribution in [-0.4, -0.2) is 11.1 Å². The van der Waals surface area contributed by atoms with E-state index in [1.165, 1.54) is 12.1 Å². The van der Waals surface area contributed by atoms with Gasteiger partial charge in [0.2, 0.25) is 0 Å². The number of hydrogen-bond donors (Lipinski definition) is 0. The average Bonchev–Trinajstić information content (AvgIpc) is 2.12. The van der Waals surface area contributed by atoms with Crippen molar-refractivity contribution in [3.63, 3.8) is 0 Å². The fourth-order valence-electron chi connectivity index (χ4n) is 0.849. The number of rotatable bonds is 2. The zero-order chi connectivity index (χ0) is 10.0. The predicted molar refractivity (Wildman–Crippen MR) is 59.9 cm³/mol. The van der Waals surface area contributed by atoms with Crippen LogP contribution in [0.15, 0.2) is 21.1 Å². The lowest BCUT2D eigenvalue weighted by molar-refractivity contribution is 0.102. The van der Waals surface area contributed by atoms with E-state index < -0.39 is 5.82 Å². The molecule has 5 heteroatoms. The second kappa shape index (κ2) is 4.66. The van der Waals surface area contributed by atoms with Gasteiger partial charge in [0.15, 0.2) is 5.78 Å². The molecule has 0 N–H and O–H groups in total. The Labute approximate surface area is 100 Å². The van der Waals surface area contributed by atoms with Gasteiger partial charge in [-0.15, -0.1) is 0 Å². The summed E-state index contributed by atoms with van der Waals surface area (Å²) in [5.74, 6) is -0.606. The van der Waals surface area contributed by atoms with E-state index in [1.807, 2.05) is 0 Å². The molecule has 0 saturated heterocycles. The molecule has 0 aliphatic heterocycles. The van der Waals surface area contributed by atoms with Crippen LogP contribution in [0.1, 0.15) is 10.4 Å². The molecule has 0 atom stereocenters. The van der Waals surface area contributed by atoms with Gasteiger partial charge in [0, 0.05) is 10.0 Å². The van der Waals surface area contributed by atoms with Gasteiger partial charge < -0.3 is 0 Å². The molecular weight excluding hydrogens is 371 g/mol. The zero-order valence-corrected chi connectivity index (χ0v) is 11.0. The van der Waals surface area contributed by atoms with Crippen LogP contribution in [-0.2, 0) is 0 Å². The lowest BCUT2D eigenvalue weighted by atomic mass is 10.1. The summed E-state index contributed by atoms with van der Waals surface area (Å²) in [6.07, 6.45) is 0. The smallest absolute Gasteiger partial charge is 0.175 e. The summed E-state index contributed by atoms with van der Waals surface area (Å²) in [6.45, 7) is 0. The van der Waals surface area contributed by atoms with Gasteiger partial charge in [0.05, 0.1) is 9.80 Å². The fraction of sp³-hybridized carbons (Fsp3) is 0.125. The van der Waals surface area contributed by atoms with Crippen LogP contribution in [0, 0.1) is 5.82 Å². The number of benzene rings is 1. The van der Waals surface area contributed by atoms with Crippen molar-refractivity contribution in [3.05, 3.63) is 32.5 Å². The Kier molecular flexibility index (Phi) is 4.06. The van der Waals surface area contributed by atoms with Crippen LogP contribution in [0.5, 0.6) is 0 Å². The monoisotopic (exact) mass is 372 g/mol. The molecule has 0 heterocycles. The lowest BCUT2D eigenvalue weighted by Gasteiger charge is -2.04. The molecule has 0 amide bonds. The van der Waals surface area contributed by atoms with Crippen molar-refractivity contribution in [1.29, 1.82) is 0 Å².